The predicted molar refractivity (Wildman–Crippen MR) is 107 cm³/mol. The van der Waals surface area contributed by atoms with Crippen LogP contribution in [0.2, 0.25) is 0 Å². The van der Waals surface area contributed by atoms with Crippen molar-refractivity contribution in [3.05, 3.63) is 24.3 Å². The van der Waals surface area contributed by atoms with Crippen LogP contribution in [0.3, 0.4) is 0 Å². The first kappa shape index (κ1) is 21.7. The number of hydrogen-bond donors (Lipinski definition) is 1. The van der Waals surface area contributed by atoms with Gasteiger partial charge < -0.3 is 19.5 Å². The fraction of sp³-hybridized carbons (Fsp3) is 0.667. The van der Waals surface area contributed by atoms with Crippen LogP contribution >= 0.6 is 0 Å². The van der Waals surface area contributed by atoms with E-state index in [4.69, 9.17) is 14.2 Å². The zero-order valence-electron chi connectivity index (χ0n) is 17.1. The van der Waals surface area contributed by atoms with Crippen molar-refractivity contribution >= 4 is 11.6 Å². The van der Waals surface area contributed by atoms with E-state index >= 15 is 0 Å². The van der Waals surface area contributed by atoms with E-state index in [1.54, 1.807) is 0 Å². The number of carbonyl (C=O) groups excluding carboxylic acids is 1. The third-order valence-electron chi connectivity index (χ3n) is 4.63. The Morgan fingerprint density at radius 3 is 2.52 bits per heavy atom. The van der Waals surface area contributed by atoms with Crippen molar-refractivity contribution in [3.8, 4) is 5.75 Å². The zero-order valence-corrected chi connectivity index (χ0v) is 17.1. The Morgan fingerprint density at radius 1 is 1.26 bits per heavy atom. The molecule has 2 rings (SSSR count). The fourth-order valence-electron chi connectivity index (χ4n) is 3.33. The maximum absolute atomic E-state index is 12.7. The van der Waals surface area contributed by atoms with Gasteiger partial charge in [0.1, 0.15) is 18.0 Å². The molecule has 0 aromatic heterocycles. The van der Waals surface area contributed by atoms with Gasteiger partial charge in [-0.05, 0) is 50.5 Å². The summed E-state index contributed by atoms with van der Waals surface area (Å²) in [6.07, 6.45) is 0.676. The Kier molecular flexibility index (Phi) is 8.54. The number of benzene rings is 1. The summed E-state index contributed by atoms with van der Waals surface area (Å²) in [7, 11) is 0. The van der Waals surface area contributed by atoms with Crippen LogP contribution < -0.4 is 10.1 Å². The van der Waals surface area contributed by atoms with Crippen molar-refractivity contribution in [2.45, 2.75) is 39.7 Å². The van der Waals surface area contributed by atoms with Gasteiger partial charge in [-0.1, -0.05) is 13.8 Å². The molecule has 1 fully saturated rings. The van der Waals surface area contributed by atoms with Gasteiger partial charge in [0.15, 0.2) is 0 Å². The molecule has 1 aliphatic rings. The maximum Gasteiger partial charge on any atom is 0.256 e. The second-order valence-corrected chi connectivity index (χ2v) is 7.54. The van der Waals surface area contributed by atoms with Gasteiger partial charge in [0.05, 0.1) is 13.2 Å². The highest BCUT2D eigenvalue weighted by Gasteiger charge is 2.34. The highest BCUT2D eigenvalue weighted by atomic mass is 16.5. The predicted octanol–water partition coefficient (Wildman–Crippen LogP) is 3.18. The summed E-state index contributed by atoms with van der Waals surface area (Å²) in [5.74, 6) is 1.06. The molecule has 0 aliphatic carbocycles. The summed E-state index contributed by atoms with van der Waals surface area (Å²) >= 11 is 0. The monoisotopic (exact) mass is 378 g/mol. The molecule has 0 bridgehead atoms. The molecule has 1 aromatic rings. The molecule has 0 radical (unpaired) electrons. The molecule has 152 valence electrons. The topological polar surface area (TPSA) is 60.0 Å². The normalized spacial score (nSPS) is 17.5. The minimum absolute atomic E-state index is 0.112. The standard InChI is InChI=1S/C21H34N2O4/c1-5-27-21(4,16-17(2)3)20(24)22-18-6-8-19(9-7-18)26-15-12-23-10-13-25-14-11-23/h6-9,17H,5,10-16H2,1-4H3,(H,22,24). The highest BCUT2D eigenvalue weighted by molar-refractivity contribution is 5.97. The molecule has 1 aromatic carbocycles. The van der Waals surface area contributed by atoms with E-state index in [0.717, 1.165) is 44.3 Å². The first-order valence-corrected chi connectivity index (χ1v) is 9.91. The van der Waals surface area contributed by atoms with Crippen molar-refractivity contribution in [3.63, 3.8) is 0 Å². The van der Waals surface area contributed by atoms with Gasteiger partial charge in [-0.15, -0.1) is 0 Å². The number of morpholine rings is 1. The lowest BCUT2D eigenvalue weighted by molar-refractivity contribution is -0.140. The summed E-state index contributed by atoms with van der Waals surface area (Å²) in [6.45, 7) is 13.5. The lowest BCUT2D eigenvalue weighted by Crippen LogP contribution is -2.43. The average Bonchev–Trinajstić information content (AvgIpc) is 2.63. The molecule has 27 heavy (non-hydrogen) atoms. The summed E-state index contributed by atoms with van der Waals surface area (Å²) in [4.78, 5) is 15.0. The van der Waals surface area contributed by atoms with Crippen LogP contribution in [0.5, 0.6) is 5.75 Å². The zero-order chi connectivity index (χ0) is 19.7. The maximum atomic E-state index is 12.7. The molecule has 1 amide bonds. The Labute approximate surface area is 163 Å². The highest BCUT2D eigenvalue weighted by Crippen LogP contribution is 2.24. The van der Waals surface area contributed by atoms with E-state index in [9.17, 15) is 4.79 Å². The first-order valence-electron chi connectivity index (χ1n) is 9.91. The number of nitrogens with zero attached hydrogens (tertiary/aromatic N) is 1. The van der Waals surface area contributed by atoms with Crippen molar-refractivity contribution in [2.24, 2.45) is 5.92 Å². The number of hydrogen-bond acceptors (Lipinski definition) is 5. The molecule has 1 aliphatic heterocycles. The lowest BCUT2D eigenvalue weighted by atomic mass is 9.93. The Bertz CT molecular complexity index is 570. The van der Waals surface area contributed by atoms with Crippen LogP contribution in [0.15, 0.2) is 24.3 Å². The summed E-state index contributed by atoms with van der Waals surface area (Å²) < 4.78 is 16.9. The molecule has 1 unspecified atom stereocenters. The number of carbonyl (C=O) groups is 1. The minimum Gasteiger partial charge on any atom is -0.492 e. The van der Waals surface area contributed by atoms with Crippen LogP contribution in [0.25, 0.3) is 0 Å². The minimum atomic E-state index is -0.823. The van der Waals surface area contributed by atoms with Crippen molar-refractivity contribution < 1.29 is 19.0 Å². The van der Waals surface area contributed by atoms with E-state index in [0.29, 0.717) is 25.6 Å². The Balaban J connectivity index is 1.83. The van der Waals surface area contributed by atoms with Crippen molar-refractivity contribution in [1.29, 1.82) is 0 Å². The number of nitrogens with one attached hydrogen (secondary N) is 1. The number of anilines is 1. The molecular weight excluding hydrogens is 344 g/mol. The van der Waals surface area contributed by atoms with Gasteiger partial charge in [-0.2, -0.15) is 0 Å². The number of ether oxygens (including phenoxy) is 3. The van der Waals surface area contributed by atoms with Gasteiger partial charge in [-0.25, -0.2) is 0 Å². The van der Waals surface area contributed by atoms with Crippen molar-refractivity contribution in [1.82, 2.24) is 4.90 Å². The molecule has 1 saturated heterocycles. The largest absolute Gasteiger partial charge is 0.492 e. The quantitative estimate of drug-likeness (QED) is 0.678. The van der Waals surface area contributed by atoms with Crippen LogP contribution in [0.1, 0.15) is 34.1 Å². The lowest BCUT2D eigenvalue weighted by Gasteiger charge is -2.29. The molecule has 6 nitrogen and oxygen atoms in total. The van der Waals surface area contributed by atoms with Gasteiger partial charge in [0, 0.05) is 31.9 Å². The second kappa shape index (κ2) is 10.6. The first-order chi connectivity index (χ1) is 12.9. The number of amides is 1. The summed E-state index contributed by atoms with van der Waals surface area (Å²) in [6, 6.07) is 7.50. The Morgan fingerprint density at radius 2 is 1.93 bits per heavy atom. The third-order valence-corrected chi connectivity index (χ3v) is 4.63. The molecule has 0 saturated carbocycles. The van der Waals surface area contributed by atoms with Crippen LogP contribution in [0.4, 0.5) is 5.69 Å². The number of rotatable bonds is 10. The van der Waals surface area contributed by atoms with Gasteiger partial charge >= 0.3 is 0 Å². The average molecular weight is 379 g/mol. The summed E-state index contributed by atoms with van der Waals surface area (Å²) in [5, 5.41) is 2.97. The van der Waals surface area contributed by atoms with E-state index in [2.05, 4.69) is 24.1 Å². The molecule has 1 heterocycles. The van der Waals surface area contributed by atoms with Crippen LogP contribution in [-0.2, 0) is 14.3 Å². The van der Waals surface area contributed by atoms with E-state index in [1.165, 1.54) is 0 Å². The van der Waals surface area contributed by atoms with E-state index in [-0.39, 0.29) is 5.91 Å². The van der Waals surface area contributed by atoms with Gasteiger partial charge in [-0.3, -0.25) is 9.69 Å². The molecule has 1 N–H and O–H groups in total. The third kappa shape index (κ3) is 7.13. The molecule has 1 atom stereocenters. The Hall–Kier alpha value is -1.63. The smallest absolute Gasteiger partial charge is 0.256 e. The van der Waals surface area contributed by atoms with E-state index in [1.807, 2.05) is 38.1 Å². The van der Waals surface area contributed by atoms with Gasteiger partial charge in [0.2, 0.25) is 0 Å². The van der Waals surface area contributed by atoms with Crippen LogP contribution in [-0.4, -0.2) is 62.5 Å². The van der Waals surface area contributed by atoms with Crippen molar-refractivity contribution in [2.75, 3.05) is 51.4 Å². The molecule has 0 spiro atoms. The SMILES string of the molecule is CCOC(C)(CC(C)C)C(=O)Nc1ccc(OCCN2CCOCC2)cc1. The second-order valence-electron chi connectivity index (χ2n) is 7.54. The fourth-order valence-corrected chi connectivity index (χ4v) is 3.33. The molecular formula is C21H34N2O4. The van der Waals surface area contributed by atoms with E-state index < -0.39 is 5.60 Å². The van der Waals surface area contributed by atoms with Crippen LogP contribution in [0, 0.1) is 5.92 Å². The van der Waals surface area contributed by atoms with Gasteiger partial charge in [0.25, 0.3) is 5.91 Å². The molecule has 6 heteroatoms. The summed E-state index contributed by atoms with van der Waals surface area (Å²) in [5.41, 5.74) is -0.0776.